The van der Waals surface area contributed by atoms with Crippen molar-refractivity contribution >= 4 is 39.2 Å². The maximum atomic E-state index is 12.8. The molecule has 0 spiro atoms. The van der Waals surface area contributed by atoms with Crippen LogP contribution in [0.25, 0.3) is 44.5 Å². The summed E-state index contributed by atoms with van der Waals surface area (Å²) in [6.45, 7) is 4.10. The lowest BCUT2D eigenvalue weighted by molar-refractivity contribution is -0.120. The van der Waals surface area contributed by atoms with E-state index in [1.54, 1.807) is 6.20 Å². The van der Waals surface area contributed by atoms with Crippen LogP contribution in [0.2, 0.25) is 0 Å². The van der Waals surface area contributed by atoms with Crippen LogP contribution in [0.4, 0.5) is 11.4 Å². The zero-order valence-corrected chi connectivity index (χ0v) is 22.8. The first-order chi connectivity index (χ1) is 19.6. The zero-order valence-electron chi connectivity index (χ0n) is 22.8. The summed E-state index contributed by atoms with van der Waals surface area (Å²) in [5.41, 5.74) is 7.52. The number of aromatic amines is 2. The van der Waals surface area contributed by atoms with Crippen LogP contribution < -0.4 is 10.2 Å². The van der Waals surface area contributed by atoms with Crippen LogP contribution in [0.3, 0.4) is 0 Å². The van der Waals surface area contributed by atoms with Crippen molar-refractivity contribution < 1.29 is 4.79 Å². The minimum absolute atomic E-state index is 0.102. The molecule has 1 saturated carbocycles. The lowest BCUT2D eigenvalue weighted by Crippen LogP contribution is -2.44. The van der Waals surface area contributed by atoms with Crippen molar-refractivity contribution in [3.8, 4) is 22.5 Å². The number of rotatable bonds is 5. The van der Waals surface area contributed by atoms with Gasteiger partial charge in [0.25, 0.3) is 0 Å². The molecular weight excluding hydrogens is 500 g/mol. The lowest BCUT2D eigenvalue weighted by Gasteiger charge is -2.34. The molecule has 0 atom stereocenters. The first-order valence-corrected chi connectivity index (χ1v) is 14.3. The number of benzene rings is 1. The van der Waals surface area contributed by atoms with Crippen LogP contribution in [0.15, 0.2) is 55.0 Å². The molecule has 9 heteroatoms. The molecule has 1 aliphatic carbocycles. The molecule has 5 heterocycles. The van der Waals surface area contributed by atoms with Gasteiger partial charge in [0.1, 0.15) is 11.3 Å². The third kappa shape index (κ3) is 4.70. The fraction of sp³-hybridized carbons (Fsp3) is 0.355. The molecule has 1 aromatic carbocycles. The second-order valence-electron chi connectivity index (χ2n) is 11.2. The summed E-state index contributed by atoms with van der Waals surface area (Å²) in [4.78, 5) is 30.2. The quantitative estimate of drug-likeness (QED) is 0.277. The van der Waals surface area contributed by atoms with Crippen molar-refractivity contribution in [1.82, 2.24) is 30.0 Å². The van der Waals surface area contributed by atoms with Gasteiger partial charge in [-0.2, -0.15) is 5.10 Å². The van der Waals surface area contributed by atoms with E-state index in [4.69, 9.17) is 0 Å². The number of anilines is 2. The van der Waals surface area contributed by atoms with Crippen LogP contribution in [-0.4, -0.2) is 69.2 Å². The predicted molar refractivity (Wildman–Crippen MR) is 159 cm³/mol. The summed E-state index contributed by atoms with van der Waals surface area (Å²) in [5.74, 6) is 0.208. The Morgan fingerprint density at radius 2 is 1.80 bits per heavy atom. The number of carbonyl (C=O) groups is 1. The first-order valence-electron chi connectivity index (χ1n) is 14.3. The van der Waals surface area contributed by atoms with Crippen LogP contribution >= 0.6 is 0 Å². The average Bonchev–Trinajstić information content (AvgIpc) is 3.62. The minimum Gasteiger partial charge on any atom is -0.368 e. The fourth-order valence-electron chi connectivity index (χ4n) is 6.14. The molecular formula is C31H34N8O. The largest absolute Gasteiger partial charge is 0.368 e. The van der Waals surface area contributed by atoms with Crippen molar-refractivity contribution in [2.45, 2.75) is 32.1 Å². The normalized spacial score (nSPS) is 17.1. The van der Waals surface area contributed by atoms with E-state index in [9.17, 15) is 4.79 Å². The summed E-state index contributed by atoms with van der Waals surface area (Å²) >= 11 is 0. The Morgan fingerprint density at radius 3 is 2.65 bits per heavy atom. The molecule has 4 aromatic heterocycles. The molecule has 7 rings (SSSR count). The Morgan fingerprint density at radius 1 is 0.950 bits per heavy atom. The van der Waals surface area contributed by atoms with Crippen molar-refractivity contribution in [2.75, 3.05) is 43.4 Å². The van der Waals surface area contributed by atoms with E-state index in [2.05, 4.69) is 71.6 Å². The van der Waals surface area contributed by atoms with Gasteiger partial charge in [-0.25, -0.2) is 4.98 Å². The smallest absolute Gasteiger partial charge is 0.227 e. The van der Waals surface area contributed by atoms with Crippen LogP contribution in [0.1, 0.15) is 32.1 Å². The topological polar surface area (TPSA) is 106 Å². The Labute approximate surface area is 233 Å². The molecule has 0 bridgehead atoms. The van der Waals surface area contributed by atoms with Gasteiger partial charge in [-0.3, -0.25) is 14.9 Å². The molecule has 1 aliphatic heterocycles. The number of amides is 1. The van der Waals surface area contributed by atoms with E-state index in [-0.39, 0.29) is 11.8 Å². The van der Waals surface area contributed by atoms with Crippen molar-refractivity contribution in [2.24, 2.45) is 5.92 Å². The number of hydrogen-bond acceptors (Lipinski definition) is 6. The van der Waals surface area contributed by atoms with E-state index in [1.165, 1.54) is 12.1 Å². The van der Waals surface area contributed by atoms with Gasteiger partial charge < -0.3 is 20.1 Å². The fourth-order valence-corrected chi connectivity index (χ4v) is 6.14. The summed E-state index contributed by atoms with van der Waals surface area (Å²) in [5, 5.41) is 13.1. The van der Waals surface area contributed by atoms with Gasteiger partial charge in [-0.15, -0.1) is 0 Å². The van der Waals surface area contributed by atoms with Gasteiger partial charge in [-0.1, -0.05) is 25.3 Å². The number of aromatic nitrogens is 5. The molecule has 5 aromatic rings. The van der Waals surface area contributed by atoms with Gasteiger partial charge >= 0.3 is 0 Å². The molecule has 204 valence electrons. The number of nitrogens with zero attached hydrogens (tertiary/aromatic N) is 5. The van der Waals surface area contributed by atoms with Crippen LogP contribution in [0.5, 0.6) is 0 Å². The summed E-state index contributed by atoms with van der Waals surface area (Å²) < 4.78 is 0. The molecule has 0 unspecified atom stereocenters. The predicted octanol–water partition coefficient (Wildman–Crippen LogP) is 5.44. The number of nitrogens with one attached hydrogen (secondary N) is 3. The van der Waals surface area contributed by atoms with E-state index < -0.39 is 0 Å². The highest BCUT2D eigenvalue weighted by atomic mass is 16.1. The monoisotopic (exact) mass is 534 g/mol. The molecule has 9 nitrogen and oxygen atoms in total. The zero-order chi connectivity index (χ0) is 27.1. The number of fused-ring (bicyclic) bond motifs is 2. The maximum Gasteiger partial charge on any atom is 0.227 e. The van der Waals surface area contributed by atoms with Gasteiger partial charge in [0, 0.05) is 66.5 Å². The van der Waals surface area contributed by atoms with Crippen LogP contribution in [0, 0.1) is 5.92 Å². The van der Waals surface area contributed by atoms with Crippen molar-refractivity contribution in [1.29, 1.82) is 0 Å². The summed E-state index contributed by atoms with van der Waals surface area (Å²) in [6.07, 6.45) is 10.9. The first kappa shape index (κ1) is 24.8. The Hall–Kier alpha value is -4.24. The minimum atomic E-state index is 0.102. The second-order valence-corrected chi connectivity index (χ2v) is 11.2. The van der Waals surface area contributed by atoms with E-state index in [1.807, 2.05) is 24.5 Å². The van der Waals surface area contributed by atoms with Crippen molar-refractivity contribution in [3.05, 3.63) is 55.0 Å². The highest BCUT2D eigenvalue weighted by Crippen LogP contribution is 2.35. The highest BCUT2D eigenvalue weighted by molar-refractivity contribution is 6.00. The Balaban J connectivity index is 1.19. The lowest BCUT2D eigenvalue weighted by atomic mass is 9.88. The van der Waals surface area contributed by atoms with Crippen LogP contribution in [-0.2, 0) is 4.79 Å². The van der Waals surface area contributed by atoms with E-state index in [0.717, 1.165) is 102 Å². The third-order valence-electron chi connectivity index (χ3n) is 8.49. The standard InChI is InChI=1S/C31H34N8O/c1-38-11-13-39(14-12-38)28-9-10-33-30-25(28)17-27(35-30)29-24-16-21(7-8-26(24)36-37-29)22-15-23(19-32-18-22)34-31(40)20-5-3-2-4-6-20/h7-10,15-20H,2-6,11-14H2,1H3,(H,33,35)(H,34,40)(H,36,37). The number of hydrogen-bond donors (Lipinski definition) is 3. The molecule has 3 N–H and O–H groups in total. The van der Waals surface area contributed by atoms with Gasteiger partial charge in [0.15, 0.2) is 0 Å². The number of likely N-dealkylation sites (N-methyl/N-ethyl adjacent to an activating group) is 1. The SMILES string of the molecule is CN1CCN(c2ccnc3[nH]c(-c4n[nH]c5ccc(-c6cncc(NC(=O)C7CCCCC7)c6)cc45)cc23)CC1. The van der Waals surface area contributed by atoms with Crippen molar-refractivity contribution in [3.63, 3.8) is 0 Å². The van der Waals surface area contributed by atoms with E-state index >= 15 is 0 Å². The van der Waals surface area contributed by atoms with E-state index in [0.29, 0.717) is 0 Å². The third-order valence-corrected chi connectivity index (χ3v) is 8.49. The van der Waals surface area contributed by atoms with Gasteiger partial charge in [0.2, 0.25) is 5.91 Å². The maximum absolute atomic E-state index is 12.8. The Kier molecular flexibility index (Phi) is 6.43. The average molecular weight is 535 g/mol. The molecule has 1 saturated heterocycles. The second kappa shape index (κ2) is 10.4. The molecule has 1 amide bonds. The number of pyridine rings is 2. The summed E-state index contributed by atoms with van der Waals surface area (Å²) in [7, 11) is 2.17. The number of carbonyl (C=O) groups excluding carboxylic acids is 1. The van der Waals surface area contributed by atoms with Gasteiger partial charge in [0.05, 0.1) is 23.1 Å². The Bertz CT molecular complexity index is 1670. The van der Waals surface area contributed by atoms with Gasteiger partial charge in [-0.05, 0) is 55.8 Å². The number of piperazine rings is 1. The summed E-state index contributed by atoms with van der Waals surface area (Å²) in [6, 6.07) is 12.5. The number of H-pyrrole nitrogens is 2. The molecule has 2 fully saturated rings. The highest BCUT2D eigenvalue weighted by Gasteiger charge is 2.22. The molecule has 0 radical (unpaired) electrons. The molecule has 40 heavy (non-hydrogen) atoms. The molecule has 2 aliphatic rings.